The van der Waals surface area contributed by atoms with Crippen molar-refractivity contribution >= 4 is 34.7 Å². The van der Waals surface area contributed by atoms with E-state index in [2.05, 4.69) is 20.6 Å². The number of nitro groups is 1. The van der Waals surface area contributed by atoms with Gasteiger partial charge in [-0.15, -0.1) is 0 Å². The van der Waals surface area contributed by atoms with Gasteiger partial charge in [0.2, 0.25) is 5.95 Å². The number of benzene rings is 2. The van der Waals surface area contributed by atoms with E-state index < -0.39 is 4.92 Å². The molecule has 3 aromatic rings. The first-order valence-electron chi connectivity index (χ1n) is 8.49. The first kappa shape index (κ1) is 19.5. The van der Waals surface area contributed by atoms with Crippen molar-refractivity contribution in [1.82, 2.24) is 9.97 Å². The van der Waals surface area contributed by atoms with Crippen molar-refractivity contribution in [3.05, 3.63) is 69.7 Å². The van der Waals surface area contributed by atoms with Crippen LogP contribution in [0.5, 0.6) is 0 Å². The Kier molecular flexibility index (Phi) is 6.03. The van der Waals surface area contributed by atoms with Gasteiger partial charge in [-0.1, -0.05) is 41.9 Å². The molecule has 0 amide bonds. The number of nitrogens with one attached hydrogen (secondary N) is 2. The fourth-order valence-electron chi connectivity index (χ4n) is 2.50. The zero-order valence-corrected chi connectivity index (χ0v) is 15.7. The molecule has 0 unspecified atom stereocenters. The molecule has 0 radical (unpaired) electrons. The molecule has 3 rings (SSSR count). The van der Waals surface area contributed by atoms with Crippen LogP contribution in [0.15, 0.2) is 54.6 Å². The Morgan fingerprint density at radius 2 is 1.93 bits per heavy atom. The van der Waals surface area contributed by atoms with Crippen LogP contribution >= 0.6 is 11.6 Å². The molecule has 1 heterocycles. The number of anilines is 3. The van der Waals surface area contributed by atoms with E-state index in [0.717, 1.165) is 5.56 Å². The Bertz CT molecular complexity index is 985. The third-order valence-corrected chi connectivity index (χ3v) is 4.10. The van der Waals surface area contributed by atoms with E-state index in [1.807, 2.05) is 30.3 Å². The smallest absolute Gasteiger partial charge is 0.292 e. The molecule has 0 saturated carbocycles. The van der Waals surface area contributed by atoms with Crippen LogP contribution in [0.1, 0.15) is 6.92 Å². The van der Waals surface area contributed by atoms with Gasteiger partial charge in [0.1, 0.15) is 11.5 Å². The maximum atomic E-state index is 11.3. The predicted molar refractivity (Wildman–Crippen MR) is 109 cm³/mol. The molecule has 1 aromatic heterocycles. The quantitative estimate of drug-likeness (QED) is 0.402. The fraction of sp³-hybridized carbons (Fsp3) is 0.158. The zero-order valence-electron chi connectivity index (χ0n) is 15.0. The minimum atomic E-state index is -0.495. The lowest BCUT2D eigenvalue weighted by Crippen LogP contribution is -2.21. The molecule has 3 N–H and O–H groups in total. The number of nitro benzene ring substituents is 1. The van der Waals surface area contributed by atoms with Crippen LogP contribution < -0.4 is 10.6 Å². The summed E-state index contributed by atoms with van der Waals surface area (Å²) in [6.45, 7) is 1.69. The molecule has 0 fully saturated rings. The zero-order chi connectivity index (χ0) is 20.1. The van der Waals surface area contributed by atoms with Crippen molar-refractivity contribution in [3.8, 4) is 11.3 Å². The number of rotatable bonds is 7. The summed E-state index contributed by atoms with van der Waals surface area (Å²) in [5.74, 6) is 0.641. The third-order valence-electron chi connectivity index (χ3n) is 3.86. The summed E-state index contributed by atoms with van der Waals surface area (Å²) in [5, 5.41) is 26.9. The number of aliphatic hydroxyl groups excluding tert-OH is 1. The van der Waals surface area contributed by atoms with Crippen molar-refractivity contribution in [2.75, 3.05) is 17.2 Å². The monoisotopic (exact) mass is 399 g/mol. The van der Waals surface area contributed by atoms with Gasteiger partial charge in [0, 0.05) is 28.8 Å². The molecule has 0 bridgehead atoms. The van der Waals surface area contributed by atoms with Gasteiger partial charge >= 0.3 is 0 Å². The summed E-state index contributed by atoms with van der Waals surface area (Å²) in [6.07, 6.45) is 0. The fourth-order valence-corrected chi connectivity index (χ4v) is 2.68. The van der Waals surface area contributed by atoms with Crippen LogP contribution in [0.4, 0.5) is 23.1 Å². The van der Waals surface area contributed by atoms with Gasteiger partial charge in [-0.05, 0) is 19.1 Å². The summed E-state index contributed by atoms with van der Waals surface area (Å²) >= 11 is 6.00. The topological polar surface area (TPSA) is 113 Å². The second-order valence-electron chi connectivity index (χ2n) is 6.10. The molecule has 144 valence electrons. The summed E-state index contributed by atoms with van der Waals surface area (Å²) in [4.78, 5) is 19.7. The van der Waals surface area contributed by atoms with Crippen molar-refractivity contribution in [3.63, 3.8) is 0 Å². The van der Waals surface area contributed by atoms with Gasteiger partial charge < -0.3 is 15.7 Å². The van der Waals surface area contributed by atoms with Crippen LogP contribution in [-0.2, 0) is 0 Å². The first-order valence-corrected chi connectivity index (χ1v) is 8.87. The highest BCUT2D eigenvalue weighted by atomic mass is 35.5. The van der Waals surface area contributed by atoms with Gasteiger partial charge in [-0.2, -0.15) is 4.98 Å². The summed E-state index contributed by atoms with van der Waals surface area (Å²) in [5.41, 5.74) is 1.57. The van der Waals surface area contributed by atoms with Crippen molar-refractivity contribution < 1.29 is 10.0 Å². The van der Waals surface area contributed by atoms with Crippen LogP contribution in [-0.4, -0.2) is 32.6 Å². The molecule has 8 nitrogen and oxygen atoms in total. The highest BCUT2D eigenvalue weighted by Crippen LogP contribution is 2.31. The van der Waals surface area contributed by atoms with E-state index in [4.69, 9.17) is 11.6 Å². The SMILES string of the molecule is C[C@H](CO)Nc1nc(Nc2cc(Cl)ccc2[N+](=O)[O-])cc(-c2ccccc2)n1. The number of aliphatic hydroxyl groups is 1. The molecule has 0 aliphatic carbocycles. The average molecular weight is 400 g/mol. The molecular weight excluding hydrogens is 382 g/mol. The van der Waals surface area contributed by atoms with Crippen LogP contribution in [0.25, 0.3) is 11.3 Å². The van der Waals surface area contributed by atoms with E-state index in [1.54, 1.807) is 13.0 Å². The van der Waals surface area contributed by atoms with Gasteiger partial charge in [0.05, 0.1) is 17.2 Å². The molecule has 0 aliphatic heterocycles. The second-order valence-corrected chi connectivity index (χ2v) is 6.54. The lowest BCUT2D eigenvalue weighted by molar-refractivity contribution is -0.383. The number of hydrogen-bond donors (Lipinski definition) is 3. The van der Waals surface area contributed by atoms with Crippen LogP contribution in [0, 0.1) is 10.1 Å². The van der Waals surface area contributed by atoms with Gasteiger partial charge in [-0.3, -0.25) is 10.1 Å². The minimum Gasteiger partial charge on any atom is -0.394 e. The van der Waals surface area contributed by atoms with Crippen molar-refractivity contribution in [2.24, 2.45) is 0 Å². The third kappa shape index (κ3) is 4.73. The molecule has 1 atom stereocenters. The van der Waals surface area contributed by atoms with Gasteiger partial charge in [0.15, 0.2) is 0 Å². The standard InChI is InChI=1S/C19H18ClN5O3/c1-12(11-26)21-19-23-15(13-5-3-2-4-6-13)10-18(24-19)22-16-9-14(20)7-8-17(16)25(27)28/h2-10,12,26H,11H2,1H3,(H2,21,22,23,24)/t12-/m1/s1. The largest absolute Gasteiger partial charge is 0.394 e. The van der Waals surface area contributed by atoms with E-state index in [-0.39, 0.29) is 30.0 Å². The predicted octanol–water partition coefficient (Wildman–Crippen LogP) is 4.24. The highest BCUT2D eigenvalue weighted by molar-refractivity contribution is 6.31. The lowest BCUT2D eigenvalue weighted by atomic mass is 10.1. The average Bonchev–Trinajstić information content (AvgIpc) is 2.68. The van der Waals surface area contributed by atoms with E-state index in [0.29, 0.717) is 16.5 Å². The Hall–Kier alpha value is -3.23. The Labute approximate surface area is 166 Å². The van der Waals surface area contributed by atoms with E-state index in [9.17, 15) is 15.2 Å². The maximum absolute atomic E-state index is 11.3. The Morgan fingerprint density at radius 1 is 1.18 bits per heavy atom. The van der Waals surface area contributed by atoms with E-state index >= 15 is 0 Å². The highest BCUT2D eigenvalue weighted by Gasteiger charge is 2.16. The summed E-state index contributed by atoms with van der Waals surface area (Å²) in [6, 6.07) is 15.1. The van der Waals surface area contributed by atoms with Crippen LogP contribution in [0.2, 0.25) is 5.02 Å². The molecular formula is C19H18ClN5O3. The van der Waals surface area contributed by atoms with Gasteiger partial charge in [-0.25, -0.2) is 4.98 Å². The first-order chi connectivity index (χ1) is 13.5. The Balaban J connectivity index is 2.04. The van der Waals surface area contributed by atoms with E-state index in [1.165, 1.54) is 18.2 Å². The number of halogens is 1. The number of hydrogen-bond acceptors (Lipinski definition) is 7. The molecule has 9 heteroatoms. The maximum Gasteiger partial charge on any atom is 0.292 e. The molecule has 0 spiro atoms. The molecule has 0 saturated heterocycles. The van der Waals surface area contributed by atoms with Gasteiger partial charge in [0.25, 0.3) is 5.69 Å². The molecule has 28 heavy (non-hydrogen) atoms. The van der Waals surface area contributed by atoms with Crippen molar-refractivity contribution in [1.29, 1.82) is 0 Å². The summed E-state index contributed by atoms with van der Waals surface area (Å²) < 4.78 is 0. The molecule has 2 aromatic carbocycles. The minimum absolute atomic E-state index is 0.0958. The number of nitrogens with zero attached hydrogens (tertiary/aromatic N) is 3. The summed E-state index contributed by atoms with van der Waals surface area (Å²) in [7, 11) is 0. The Morgan fingerprint density at radius 3 is 2.61 bits per heavy atom. The number of aromatic nitrogens is 2. The van der Waals surface area contributed by atoms with Crippen molar-refractivity contribution in [2.45, 2.75) is 13.0 Å². The lowest BCUT2D eigenvalue weighted by Gasteiger charge is -2.14. The second kappa shape index (κ2) is 8.64. The molecule has 0 aliphatic rings. The normalized spacial score (nSPS) is 11.7. The van der Waals surface area contributed by atoms with Crippen LogP contribution in [0.3, 0.4) is 0 Å².